The quantitative estimate of drug-likeness (QED) is 0.364. The second-order valence-electron chi connectivity index (χ2n) is 4.65. The standard InChI is InChI=1S/C13H12F5NO2/c1-21-13(20)6-4-2-3-5-19(6)12-10(17)8(15)7(14)9(16)11(12)18/h6H,2-5H2,1H3. The highest BCUT2D eigenvalue weighted by Crippen LogP contribution is 2.34. The fourth-order valence-corrected chi connectivity index (χ4v) is 2.43. The second-order valence-corrected chi connectivity index (χ2v) is 4.65. The third-order valence-electron chi connectivity index (χ3n) is 3.45. The van der Waals surface area contributed by atoms with Gasteiger partial charge in [-0.05, 0) is 19.3 Å². The molecule has 1 atom stereocenters. The molecule has 2 rings (SSSR count). The van der Waals surface area contributed by atoms with E-state index in [4.69, 9.17) is 0 Å². The van der Waals surface area contributed by atoms with Crippen LogP contribution < -0.4 is 4.90 Å². The van der Waals surface area contributed by atoms with Gasteiger partial charge in [0.25, 0.3) is 0 Å². The summed E-state index contributed by atoms with van der Waals surface area (Å²) in [5, 5.41) is 0. The summed E-state index contributed by atoms with van der Waals surface area (Å²) in [6, 6.07) is -1.07. The van der Waals surface area contributed by atoms with E-state index in [0.717, 1.165) is 12.0 Å². The fraction of sp³-hybridized carbons (Fsp3) is 0.462. The van der Waals surface area contributed by atoms with Crippen molar-refractivity contribution in [1.29, 1.82) is 0 Å². The van der Waals surface area contributed by atoms with Gasteiger partial charge in [-0.3, -0.25) is 0 Å². The summed E-state index contributed by atoms with van der Waals surface area (Å²) >= 11 is 0. The van der Waals surface area contributed by atoms with E-state index in [2.05, 4.69) is 4.74 Å². The summed E-state index contributed by atoms with van der Waals surface area (Å²) in [7, 11) is 1.09. The van der Waals surface area contributed by atoms with Crippen molar-refractivity contribution in [2.75, 3.05) is 18.6 Å². The number of ether oxygens (including phenoxy) is 1. The van der Waals surface area contributed by atoms with E-state index in [1.165, 1.54) is 0 Å². The lowest BCUT2D eigenvalue weighted by Gasteiger charge is -2.35. The lowest BCUT2D eigenvalue weighted by molar-refractivity contribution is -0.142. The second kappa shape index (κ2) is 5.87. The van der Waals surface area contributed by atoms with Crippen LogP contribution in [0.3, 0.4) is 0 Å². The van der Waals surface area contributed by atoms with E-state index in [1.807, 2.05) is 0 Å². The average Bonchev–Trinajstić information content (AvgIpc) is 2.51. The van der Waals surface area contributed by atoms with Gasteiger partial charge in [-0.2, -0.15) is 0 Å². The Morgan fingerprint density at radius 1 is 1.00 bits per heavy atom. The van der Waals surface area contributed by atoms with Gasteiger partial charge < -0.3 is 9.64 Å². The molecule has 0 N–H and O–H groups in total. The zero-order chi connectivity index (χ0) is 15.7. The molecule has 0 aliphatic carbocycles. The Morgan fingerprint density at radius 3 is 2.05 bits per heavy atom. The van der Waals surface area contributed by atoms with Crippen LogP contribution in [-0.2, 0) is 9.53 Å². The van der Waals surface area contributed by atoms with E-state index in [1.54, 1.807) is 0 Å². The number of benzene rings is 1. The van der Waals surface area contributed by atoms with Crippen LogP contribution in [0.5, 0.6) is 0 Å². The third kappa shape index (κ3) is 2.54. The number of nitrogens with zero attached hydrogens (tertiary/aromatic N) is 1. The monoisotopic (exact) mass is 309 g/mol. The Hall–Kier alpha value is -1.86. The maximum atomic E-state index is 13.8. The highest BCUT2D eigenvalue weighted by atomic mass is 19.2. The number of hydrogen-bond donors (Lipinski definition) is 0. The van der Waals surface area contributed by atoms with Crippen molar-refractivity contribution in [3.8, 4) is 0 Å². The molecule has 3 nitrogen and oxygen atoms in total. The van der Waals surface area contributed by atoms with Gasteiger partial charge in [0, 0.05) is 6.54 Å². The van der Waals surface area contributed by atoms with Gasteiger partial charge in [-0.1, -0.05) is 0 Å². The van der Waals surface area contributed by atoms with Crippen LogP contribution in [-0.4, -0.2) is 25.7 Å². The molecule has 0 bridgehead atoms. The predicted octanol–water partition coefficient (Wildman–Crippen LogP) is 2.91. The highest BCUT2D eigenvalue weighted by Gasteiger charge is 2.36. The molecule has 0 amide bonds. The van der Waals surface area contributed by atoms with Crippen molar-refractivity contribution in [3.05, 3.63) is 29.1 Å². The maximum Gasteiger partial charge on any atom is 0.328 e. The summed E-state index contributed by atoms with van der Waals surface area (Å²) in [5.74, 6) is -10.9. The van der Waals surface area contributed by atoms with Crippen LogP contribution in [0.15, 0.2) is 0 Å². The van der Waals surface area contributed by atoms with Crippen LogP contribution in [0.1, 0.15) is 19.3 Å². The zero-order valence-corrected chi connectivity index (χ0v) is 11.1. The molecule has 1 aliphatic rings. The van der Waals surface area contributed by atoms with E-state index in [9.17, 15) is 26.7 Å². The van der Waals surface area contributed by atoms with Crippen molar-refractivity contribution < 1.29 is 31.5 Å². The van der Waals surface area contributed by atoms with Crippen LogP contribution in [0, 0.1) is 29.1 Å². The predicted molar refractivity (Wildman–Crippen MR) is 63.2 cm³/mol. The van der Waals surface area contributed by atoms with Crippen molar-refractivity contribution in [2.24, 2.45) is 0 Å². The van der Waals surface area contributed by atoms with Gasteiger partial charge in [0.15, 0.2) is 23.3 Å². The Morgan fingerprint density at radius 2 is 1.52 bits per heavy atom. The zero-order valence-electron chi connectivity index (χ0n) is 11.1. The number of anilines is 1. The molecule has 1 aromatic rings. The molecule has 116 valence electrons. The minimum atomic E-state index is -2.22. The Balaban J connectivity index is 2.56. The SMILES string of the molecule is COC(=O)C1CCCCN1c1c(F)c(F)c(F)c(F)c1F. The molecular weight excluding hydrogens is 297 g/mol. The first-order valence-electron chi connectivity index (χ1n) is 6.26. The van der Waals surface area contributed by atoms with Crippen LogP contribution in [0.25, 0.3) is 0 Å². The van der Waals surface area contributed by atoms with Gasteiger partial charge in [0.1, 0.15) is 11.7 Å². The first-order chi connectivity index (χ1) is 9.90. The normalized spacial score (nSPS) is 18.8. The van der Waals surface area contributed by atoms with Crippen molar-refractivity contribution in [3.63, 3.8) is 0 Å². The minimum Gasteiger partial charge on any atom is -0.467 e. The fourth-order valence-electron chi connectivity index (χ4n) is 2.43. The summed E-state index contributed by atoms with van der Waals surface area (Å²) in [6.45, 7) is -0.00187. The summed E-state index contributed by atoms with van der Waals surface area (Å²) in [4.78, 5) is 12.5. The number of esters is 1. The summed E-state index contributed by atoms with van der Waals surface area (Å²) in [6.07, 6.45) is 1.27. The van der Waals surface area contributed by atoms with Gasteiger partial charge >= 0.3 is 5.97 Å². The lowest BCUT2D eigenvalue weighted by atomic mass is 10.0. The van der Waals surface area contributed by atoms with Crippen molar-refractivity contribution in [2.45, 2.75) is 25.3 Å². The van der Waals surface area contributed by atoms with Crippen LogP contribution in [0.2, 0.25) is 0 Å². The van der Waals surface area contributed by atoms with Gasteiger partial charge in [0.2, 0.25) is 5.82 Å². The van der Waals surface area contributed by atoms with Crippen LogP contribution in [0.4, 0.5) is 27.6 Å². The van der Waals surface area contributed by atoms with E-state index >= 15 is 0 Å². The Labute approximate surface area is 117 Å². The van der Waals surface area contributed by atoms with Crippen molar-refractivity contribution in [1.82, 2.24) is 0 Å². The third-order valence-corrected chi connectivity index (χ3v) is 3.45. The average molecular weight is 309 g/mol. The number of methoxy groups -OCH3 is 1. The number of piperidine rings is 1. The lowest BCUT2D eigenvalue weighted by Crippen LogP contribution is -2.46. The van der Waals surface area contributed by atoms with Gasteiger partial charge in [0.05, 0.1) is 7.11 Å². The molecule has 1 unspecified atom stereocenters. The maximum absolute atomic E-state index is 13.8. The van der Waals surface area contributed by atoms with E-state index in [-0.39, 0.29) is 13.0 Å². The van der Waals surface area contributed by atoms with E-state index in [0.29, 0.717) is 12.8 Å². The summed E-state index contributed by atoms with van der Waals surface area (Å²) in [5.41, 5.74) is -1.08. The number of hydrogen-bond acceptors (Lipinski definition) is 3. The van der Waals surface area contributed by atoms with E-state index < -0.39 is 46.8 Å². The molecule has 8 heteroatoms. The molecule has 21 heavy (non-hydrogen) atoms. The molecule has 1 aromatic carbocycles. The molecule has 0 saturated carbocycles. The molecule has 0 radical (unpaired) electrons. The first-order valence-corrected chi connectivity index (χ1v) is 6.26. The largest absolute Gasteiger partial charge is 0.467 e. The molecular formula is C13H12F5NO2. The number of halogens is 5. The van der Waals surface area contributed by atoms with Gasteiger partial charge in [-0.15, -0.1) is 0 Å². The number of rotatable bonds is 2. The molecule has 1 fully saturated rings. The molecule has 1 saturated heterocycles. The van der Waals surface area contributed by atoms with Crippen molar-refractivity contribution >= 4 is 11.7 Å². The van der Waals surface area contributed by atoms with Gasteiger partial charge in [-0.25, -0.2) is 26.7 Å². The van der Waals surface area contributed by atoms with Crippen LogP contribution >= 0.6 is 0 Å². The molecule has 1 heterocycles. The molecule has 1 aliphatic heterocycles. The smallest absolute Gasteiger partial charge is 0.328 e. The Kier molecular flexibility index (Phi) is 4.34. The molecule has 0 aromatic heterocycles. The minimum absolute atomic E-state index is 0.00187. The number of carbonyl (C=O) groups excluding carboxylic acids is 1. The first kappa shape index (κ1) is 15.5. The topological polar surface area (TPSA) is 29.5 Å². The number of carbonyl (C=O) groups is 1. The Bertz CT molecular complexity index is 549. The summed E-state index contributed by atoms with van der Waals surface area (Å²) < 4.78 is 71.7. The highest BCUT2D eigenvalue weighted by molar-refractivity contribution is 5.80. The molecule has 0 spiro atoms.